The molecule has 0 fully saturated rings. The van der Waals surface area contributed by atoms with Gasteiger partial charge in [0.05, 0.1) is 0 Å². The van der Waals surface area contributed by atoms with E-state index in [2.05, 4.69) is 126 Å². The maximum Gasteiger partial charge on any atom is 0.315 e. The van der Waals surface area contributed by atoms with E-state index in [4.69, 9.17) is 8.85 Å². The van der Waals surface area contributed by atoms with Gasteiger partial charge in [0.1, 0.15) is 17.4 Å². The Kier molecular flexibility index (Phi) is 10.7. The summed E-state index contributed by atoms with van der Waals surface area (Å²) in [7, 11) is -4.27. The molecule has 0 saturated heterocycles. The zero-order valence-electron chi connectivity index (χ0n) is 28.5. The molecule has 4 nitrogen and oxygen atoms in total. The Morgan fingerprint density at radius 3 is 1.48 bits per heavy atom. The summed E-state index contributed by atoms with van der Waals surface area (Å²) in [5, 5.41) is 10.6. The van der Waals surface area contributed by atoms with Gasteiger partial charge in [-0.05, 0) is 91.8 Å². The van der Waals surface area contributed by atoms with Crippen LogP contribution in [0.4, 0.5) is 0 Å². The van der Waals surface area contributed by atoms with E-state index in [9.17, 15) is 9.90 Å². The van der Waals surface area contributed by atoms with Crippen LogP contribution in [0, 0.1) is 0 Å². The molecule has 0 radical (unpaired) electrons. The van der Waals surface area contributed by atoms with Crippen LogP contribution in [0.15, 0.2) is 42.5 Å². The van der Waals surface area contributed by atoms with Gasteiger partial charge >= 0.3 is 5.97 Å². The Labute approximate surface area is 258 Å². The summed E-state index contributed by atoms with van der Waals surface area (Å²) in [6.45, 7) is 29.5. The fraction of sp³-hybridized carbons (Fsp3) is 0.583. The lowest BCUT2D eigenvalue weighted by Crippen LogP contribution is -2.50. The Balaban J connectivity index is 2.06. The highest BCUT2D eigenvalue weighted by Gasteiger charge is 2.48. The van der Waals surface area contributed by atoms with E-state index in [0.29, 0.717) is 33.2 Å². The first kappa shape index (κ1) is 34.2. The van der Waals surface area contributed by atoms with Crippen LogP contribution in [0.5, 0.6) is 11.5 Å². The second-order valence-corrected chi connectivity index (χ2v) is 24.9. The van der Waals surface area contributed by atoms with E-state index >= 15 is 0 Å². The standard InChI is InChI=1S/C36H56O4Si2/c1-14-31-32-20-19-30(40-42(25(8)9,26(10)11)27(12)13)21-33(32)35(36(37)38)34(31)28-15-17-29(18-16-28)39-41(22(2)3,23(4)5)24(6)7/h15-27,35H,14H2,1-13H3,(H,37,38). The molecule has 0 aromatic heterocycles. The lowest BCUT2D eigenvalue weighted by Gasteiger charge is -2.42. The number of carbonyl (C=O) groups is 1. The SMILES string of the molecule is CCC1=C(c2ccc(O[Si](C(C)C)(C(C)C)C(C)C)cc2)C(C(=O)O)c2cc(O[Si](C(C)C)(C(C)C)C(C)C)ccc21. The van der Waals surface area contributed by atoms with Crippen molar-refractivity contribution in [2.24, 2.45) is 0 Å². The molecule has 232 valence electrons. The van der Waals surface area contributed by atoms with E-state index in [1.54, 1.807) is 0 Å². The molecule has 2 aromatic rings. The number of hydrogen-bond donors (Lipinski definition) is 1. The van der Waals surface area contributed by atoms with Gasteiger partial charge in [-0.15, -0.1) is 0 Å². The molecule has 0 spiro atoms. The largest absolute Gasteiger partial charge is 0.543 e. The molecule has 1 atom stereocenters. The number of hydrogen-bond acceptors (Lipinski definition) is 3. The van der Waals surface area contributed by atoms with E-state index in [0.717, 1.165) is 45.8 Å². The van der Waals surface area contributed by atoms with Crippen molar-refractivity contribution in [2.45, 2.75) is 136 Å². The van der Waals surface area contributed by atoms with Crippen LogP contribution in [0.2, 0.25) is 33.2 Å². The van der Waals surface area contributed by atoms with Gasteiger partial charge in [0.15, 0.2) is 0 Å². The molecule has 1 unspecified atom stereocenters. The van der Waals surface area contributed by atoms with Crippen LogP contribution in [0.3, 0.4) is 0 Å². The van der Waals surface area contributed by atoms with Crippen LogP contribution in [0.1, 0.15) is 119 Å². The fourth-order valence-electron chi connectivity index (χ4n) is 8.39. The molecule has 0 saturated carbocycles. The van der Waals surface area contributed by atoms with E-state index in [1.807, 2.05) is 6.07 Å². The summed E-state index contributed by atoms with van der Waals surface area (Å²) < 4.78 is 13.9. The van der Waals surface area contributed by atoms with E-state index in [1.165, 1.54) is 0 Å². The van der Waals surface area contributed by atoms with Crippen molar-refractivity contribution in [3.63, 3.8) is 0 Å². The molecule has 1 aliphatic rings. The zero-order chi connectivity index (χ0) is 31.7. The van der Waals surface area contributed by atoms with Crippen molar-refractivity contribution < 1.29 is 18.8 Å². The number of fused-ring (bicyclic) bond motifs is 1. The predicted octanol–water partition coefficient (Wildman–Crippen LogP) is 11.3. The molecule has 42 heavy (non-hydrogen) atoms. The normalized spacial score (nSPS) is 16.0. The first-order valence-electron chi connectivity index (χ1n) is 16.1. The third-order valence-corrected chi connectivity index (χ3v) is 22.0. The fourth-order valence-corrected chi connectivity index (χ4v) is 18.9. The number of carboxylic acid groups (broad SMARTS) is 1. The van der Waals surface area contributed by atoms with Gasteiger partial charge in [-0.25, -0.2) is 0 Å². The highest BCUT2D eigenvalue weighted by Crippen LogP contribution is 2.51. The summed E-state index contributed by atoms with van der Waals surface area (Å²) in [5.74, 6) is 0.142. The molecule has 0 heterocycles. The molecule has 2 aromatic carbocycles. The van der Waals surface area contributed by atoms with Crippen molar-refractivity contribution in [1.82, 2.24) is 0 Å². The number of rotatable bonds is 13. The molecule has 0 aliphatic heterocycles. The average Bonchev–Trinajstić information content (AvgIpc) is 3.23. The number of aliphatic carboxylic acids is 1. The molecule has 0 amide bonds. The number of allylic oxidation sites excluding steroid dienone is 1. The molecular formula is C36H56O4Si2. The molecule has 0 bridgehead atoms. The summed E-state index contributed by atoms with van der Waals surface area (Å²) in [4.78, 5) is 12.9. The summed E-state index contributed by atoms with van der Waals surface area (Å²) in [6.07, 6.45) is 0.761. The van der Waals surface area contributed by atoms with Crippen molar-refractivity contribution in [3.05, 3.63) is 59.2 Å². The van der Waals surface area contributed by atoms with Gasteiger partial charge in [-0.2, -0.15) is 0 Å². The molecule has 6 heteroatoms. The van der Waals surface area contributed by atoms with Crippen molar-refractivity contribution >= 4 is 33.8 Å². The Bertz CT molecular complexity index is 1230. The topological polar surface area (TPSA) is 55.8 Å². The van der Waals surface area contributed by atoms with Crippen LogP contribution in [-0.4, -0.2) is 27.7 Å². The second kappa shape index (κ2) is 13.1. The highest BCUT2D eigenvalue weighted by atomic mass is 28.4. The Morgan fingerprint density at radius 2 is 1.10 bits per heavy atom. The van der Waals surface area contributed by atoms with Crippen LogP contribution in [0.25, 0.3) is 11.1 Å². The molecule has 1 N–H and O–H groups in total. The van der Waals surface area contributed by atoms with Gasteiger partial charge in [-0.1, -0.05) is 108 Å². The highest BCUT2D eigenvalue weighted by molar-refractivity contribution is 6.78. The minimum Gasteiger partial charge on any atom is -0.543 e. The van der Waals surface area contributed by atoms with Crippen LogP contribution >= 0.6 is 0 Å². The van der Waals surface area contributed by atoms with Gasteiger partial charge in [0.2, 0.25) is 0 Å². The monoisotopic (exact) mass is 608 g/mol. The maximum absolute atomic E-state index is 12.9. The zero-order valence-corrected chi connectivity index (χ0v) is 30.5. The maximum atomic E-state index is 12.9. The predicted molar refractivity (Wildman–Crippen MR) is 184 cm³/mol. The average molecular weight is 609 g/mol. The van der Waals surface area contributed by atoms with Crippen LogP contribution in [-0.2, 0) is 4.79 Å². The summed E-state index contributed by atoms with van der Waals surface area (Å²) >= 11 is 0. The van der Waals surface area contributed by atoms with Crippen molar-refractivity contribution in [1.29, 1.82) is 0 Å². The Hall–Kier alpha value is -2.32. The quantitative estimate of drug-likeness (QED) is 0.230. The van der Waals surface area contributed by atoms with E-state index < -0.39 is 28.5 Å². The lowest BCUT2D eigenvalue weighted by molar-refractivity contribution is -0.137. The Morgan fingerprint density at radius 1 is 0.690 bits per heavy atom. The van der Waals surface area contributed by atoms with Gasteiger partial charge < -0.3 is 14.0 Å². The van der Waals surface area contributed by atoms with E-state index in [-0.39, 0.29) is 0 Å². The van der Waals surface area contributed by atoms with Gasteiger partial charge in [0, 0.05) is 0 Å². The molecular weight excluding hydrogens is 553 g/mol. The van der Waals surface area contributed by atoms with Crippen LogP contribution < -0.4 is 8.85 Å². The minimum absolute atomic E-state index is 0.436. The minimum atomic E-state index is -2.18. The third-order valence-electron chi connectivity index (χ3n) is 10.0. The lowest BCUT2D eigenvalue weighted by atomic mass is 9.90. The molecule has 3 rings (SSSR count). The number of benzene rings is 2. The summed E-state index contributed by atoms with van der Waals surface area (Å²) in [6, 6.07) is 14.4. The molecule has 1 aliphatic carbocycles. The smallest absolute Gasteiger partial charge is 0.315 e. The van der Waals surface area contributed by atoms with Crippen molar-refractivity contribution in [3.8, 4) is 11.5 Å². The number of carboxylic acids is 1. The second-order valence-electron chi connectivity index (χ2n) is 14.1. The third kappa shape index (κ3) is 5.90. The van der Waals surface area contributed by atoms with Gasteiger partial charge in [0.25, 0.3) is 16.6 Å². The first-order chi connectivity index (χ1) is 19.6. The van der Waals surface area contributed by atoms with Crippen molar-refractivity contribution in [2.75, 3.05) is 0 Å². The first-order valence-corrected chi connectivity index (χ1v) is 20.4. The van der Waals surface area contributed by atoms with Gasteiger partial charge in [-0.3, -0.25) is 4.79 Å². The summed E-state index contributed by atoms with van der Waals surface area (Å²) in [5.41, 5.74) is 7.57.